The van der Waals surface area contributed by atoms with E-state index in [-0.39, 0.29) is 5.91 Å². The van der Waals surface area contributed by atoms with Gasteiger partial charge in [-0.3, -0.25) is 4.79 Å². The monoisotopic (exact) mass is 499 g/mol. The molecule has 2 N–H and O–H groups in total. The van der Waals surface area contributed by atoms with Crippen LogP contribution in [0, 0.1) is 0 Å². The second-order valence-electron chi connectivity index (χ2n) is 8.17. The summed E-state index contributed by atoms with van der Waals surface area (Å²) in [5.41, 5.74) is 6.75. The number of hydrogen-bond donors (Lipinski definition) is 2. The molecule has 0 saturated carbocycles. The van der Waals surface area contributed by atoms with Crippen LogP contribution < -0.4 is 10.6 Å². The highest BCUT2D eigenvalue weighted by atomic mass is 32.1. The van der Waals surface area contributed by atoms with E-state index in [9.17, 15) is 4.79 Å². The summed E-state index contributed by atoms with van der Waals surface area (Å²) in [7, 11) is 1.52. The van der Waals surface area contributed by atoms with E-state index in [1.54, 1.807) is 12.3 Å². The zero-order valence-corrected chi connectivity index (χ0v) is 20.8. The number of carbonyl (C=O) groups excluding carboxylic acids is 1. The van der Waals surface area contributed by atoms with Gasteiger partial charge in [0.05, 0.1) is 33.9 Å². The van der Waals surface area contributed by atoms with E-state index in [0.717, 1.165) is 63.0 Å². The lowest BCUT2D eigenvalue weighted by Crippen LogP contribution is -2.07. The average Bonchev–Trinajstić information content (AvgIpc) is 3.47. The normalized spacial score (nSPS) is 12.2. The lowest BCUT2D eigenvalue weighted by molar-refractivity contribution is -0.114. The van der Waals surface area contributed by atoms with E-state index in [1.807, 2.05) is 47.3 Å². The maximum atomic E-state index is 11.7. The zero-order valence-electron chi connectivity index (χ0n) is 20.0. The molecular weight excluding hydrogens is 474 g/mol. The van der Waals surface area contributed by atoms with Crippen molar-refractivity contribution in [2.75, 3.05) is 24.3 Å². The molecule has 9 nitrogen and oxygen atoms in total. The topological polar surface area (TPSA) is 106 Å². The van der Waals surface area contributed by atoms with Crippen LogP contribution in [-0.4, -0.2) is 45.5 Å². The molecule has 1 aliphatic carbocycles. The number of nitrogens with zero attached hydrogens (tertiary/aromatic N) is 5. The van der Waals surface area contributed by atoms with Gasteiger partial charge in [-0.05, 0) is 42.7 Å². The minimum Gasteiger partial charge on any atom is -0.399 e. The van der Waals surface area contributed by atoms with Crippen LogP contribution in [0.3, 0.4) is 0 Å². The van der Waals surface area contributed by atoms with Crippen LogP contribution in [0.5, 0.6) is 0 Å². The lowest BCUT2D eigenvalue weighted by atomic mass is 9.95. The molecule has 5 rings (SSSR count). The molecule has 0 atom stereocenters. The number of aryl methyl sites for hydroxylation is 1. The number of aromatic nitrogens is 4. The van der Waals surface area contributed by atoms with Gasteiger partial charge in [0, 0.05) is 30.8 Å². The van der Waals surface area contributed by atoms with Crippen LogP contribution in [0.2, 0.25) is 0 Å². The summed E-state index contributed by atoms with van der Waals surface area (Å²) in [4.78, 5) is 26.7. The Kier molecular flexibility index (Phi) is 6.59. The highest BCUT2D eigenvalue weighted by molar-refractivity contribution is 7.19. The zero-order chi connectivity index (χ0) is 25.1. The molecule has 4 aromatic rings. The van der Waals surface area contributed by atoms with Gasteiger partial charge in [-0.15, -0.1) is 6.58 Å². The fourth-order valence-electron chi connectivity index (χ4n) is 4.12. The van der Waals surface area contributed by atoms with Crippen LogP contribution in [0.1, 0.15) is 23.7 Å². The van der Waals surface area contributed by atoms with Gasteiger partial charge in [0.15, 0.2) is 5.13 Å². The molecule has 0 spiro atoms. The summed E-state index contributed by atoms with van der Waals surface area (Å²) in [5, 5.41) is 15.5. The van der Waals surface area contributed by atoms with Crippen molar-refractivity contribution in [1.29, 1.82) is 0 Å². The van der Waals surface area contributed by atoms with Crippen molar-refractivity contribution in [2.45, 2.75) is 19.8 Å². The standard InChI is InChI=1S/C26H25N7O2S/c1-4-13-27-22-12-7-18(15-28-22)23-20-10-11-21-25(36-26(31-21)30-16(2)34)24(20)33(32-23)19-8-5-17(6-9-19)14-29-35-3/h4-9,12,14-15H,1,10-11,13H2,2-3H3,(H,27,28)(H,30,31,34). The van der Waals surface area contributed by atoms with Crippen molar-refractivity contribution in [1.82, 2.24) is 19.7 Å². The SMILES string of the molecule is C=CCNc1ccc(-c2nn(-c3ccc(C=NOC)cc3)c3c2CCc2nc(NC(C)=O)sc2-3)cn1. The van der Waals surface area contributed by atoms with Gasteiger partial charge in [-0.25, -0.2) is 14.6 Å². The van der Waals surface area contributed by atoms with Crippen molar-refractivity contribution in [3.63, 3.8) is 0 Å². The number of nitrogens with one attached hydrogen (secondary N) is 2. The highest BCUT2D eigenvalue weighted by Gasteiger charge is 2.30. The molecule has 1 aromatic carbocycles. The number of oxime groups is 1. The molecule has 0 unspecified atom stereocenters. The fraction of sp³-hybridized carbons (Fsp3) is 0.192. The van der Waals surface area contributed by atoms with Crippen LogP contribution in [0.4, 0.5) is 10.9 Å². The van der Waals surface area contributed by atoms with Gasteiger partial charge in [0.1, 0.15) is 12.9 Å². The van der Waals surface area contributed by atoms with Crippen molar-refractivity contribution >= 4 is 34.4 Å². The third-order valence-corrected chi connectivity index (χ3v) is 6.72. The fourth-order valence-corrected chi connectivity index (χ4v) is 5.24. The molecule has 1 amide bonds. The Morgan fingerprint density at radius 3 is 2.78 bits per heavy atom. The van der Waals surface area contributed by atoms with Crippen LogP contribution in [0.25, 0.3) is 27.5 Å². The summed E-state index contributed by atoms with van der Waals surface area (Å²) in [6.07, 6.45) is 6.85. The Hall–Kier alpha value is -4.31. The smallest absolute Gasteiger partial charge is 0.223 e. The molecule has 1 aliphatic rings. The molecule has 0 fully saturated rings. The Labute approximate surface area is 212 Å². The molecule has 3 aromatic heterocycles. The van der Waals surface area contributed by atoms with Crippen molar-refractivity contribution in [3.05, 3.63) is 72.1 Å². The third kappa shape index (κ3) is 4.63. The molecule has 182 valence electrons. The number of fused-ring (bicyclic) bond motifs is 3. The number of benzene rings is 1. The molecule has 0 bridgehead atoms. The Bertz CT molecular complexity index is 1440. The summed E-state index contributed by atoms with van der Waals surface area (Å²) in [6.45, 7) is 5.87. The van der Waals surface area contributed by atoms with E-state index in [4.69, 9.17) is 9.94 Å². The van der Waals surface area contributed by atoms with E-state index >= 15 is 0 Å². The predicted molar refractivity (Wildman–Crippen MR) is 143 cm³/mol. The van der Waals surface area contributed by atoms with E-state index in [1.165, 1.54) is 25.4 Å². The largest absolute Gasteiger partial charge is 0.399 e. The third-order valence-electron chi connectivity index (χ3n) is 5.70. The van der Waals surface area contributed by atoms with Gasteiger partial charge < -0.3 is 15.5 Å². The van der Waals surface area contributed by atoms with Gasteiger partial charge in [-0.2, -0.15) is 5.10 Å². The number of hydrogen-bond acceptors (Lipinski definition) is 8. The molecule has 10 heteroatoms. The number of pyridine rings is 1. The summed E-state index contributed by atoms with van der Waals surface area (Å²) < 4.78 is 1.96. The van der Waals surface area contributed by atoms with E-state index < -0.39 is 0 Å². The number of rotatable bonds is 8. The highest BCUT2D eigenvalue weighted by Crippen LogP contribution is 2.44. The first-order valence-corrected chi connectivity index (χ1v) is 12.3. The van der Waals surface area contributed by atoms with Crippen LogP contribution in [0.15, 0.2) is 60.4 Å². The second kappa shape index (κ2) is 10.1. The predicted octanol–water partition coefficient (Wildman–Crippen LogP) is 4.69. The first-order chi connectivity index (χ1) is 17.6. The number of carbonyl (C=O) groups is 1. The maximum absolute atomic E-state index is 11.7. The number of anilines is 2. The van der Waals surface area contributed by atoms with Gasteiger partial charge >= 0.3 is 0 Å². The van der Waals surface area contributed by atoms with Crippen LogP contribution >= 0.6 is 11.3 Å². The minimum absolute atomic E-state index is 0.139. The maximum Gasteiger partial charge on any atom is 0.223 e. The van der Waals surface area contributed by atoms with Crippen molar-refractivity contribution < 1.29 is 9.63 Å². The summed E-state index contributed by atoms with van der Waals surface area (Å²) in [5.74, 6) is 0.644. The number of thiazole rings is 1. The van der Waals surface area contributed by atoms with Crippen molar-refractivity contribution in [3.8, 4) is 27.5 Å². The Morgan fingerprint density at radius 2 is 2.08 bits per heavy atom. The molecule has 0 radical (unpaired) electrons. The summed E-state index contributed by atoms with van der Waals surface area (Å²) in [6, 6.07) is 11.9. The van der Waals surface area contributed by atoms with Gasteiger partial charge in [0.25, 0.3) is 0 Å². The Balaban J connectivity index is 1.62. The van der Waals surface area contributed by atoms with Gasteiger partial charge in [-0.1, -0.05) is 34.7 Å². The first kappa shape index (κ1) is 23.4. The van der Waals surface area contributed by atoms with Crippen molar-refractivity contribution in [2.24, 2.45) is 5.16 Å². The summed E-state index contributed by atoms with van der Waals surface area (Å²) >= 11 is 1.47. The molecule has 36 heavy (non-hydrogen) atoms. The van der Waals surface area contributed by atoms with E-state index in [0.29, 0.717) is 11.7 Å². The quantitative estimate of drug-likeness (QED) is 0.207. The average molecular weight is 500 g/mol. The molecule has 0 aliphatic heterocycles. The lowest BCUT2D eigenvalue weighted by Gasteiger charge is -2.14. The second-order valence-corrected chi connectivity index (χ2v) is 9.17. The first-order valence-electron chi connectivity index (χ1n) is 11.4. The molecular formula is C26H25N7O2S. The minimum atomic E-state index is -0.139. The van der Waals surface area contributed by atoms with Gasteiger partial charge in [0.2, 0.25) is 5.91 Å². The van der Waals surface area contributed by atoms with Crippen LogP contribution in [-0.2, 0) is 22.5 Å². The number of amides is 1. The molecule has 3 heterocycles. The van der Waals surface area contributed by atoms with E-state index in [2.05, 4.69) is 32.3 Å². The Morgan fingerprint density at radius 1 is 1.25 bits per heavy atom. The molecule has 0 saturated heterocycles.